The molecule has 1 fully saturated rings. The average Bonchev–Trinajstić information content (AvgIpc) is 3.08. The second-order valence-corrected chi connectivity index (χ2v) is 7.91. The number of imide groups is 1. The number of nitrogens with zero attached hydrogens (tertiary/aromatic N) is 3. The highest BCUT2D eigenvalue weighted by Crippen LogP contribution is 2.30. The number of nitrogens with one attached hydrogen (secondary N) is 1. The predicted molar refractivity (Wildman–Crippen MR) is 91.5 cm³/mol. The lowest BCUT2D eigenvalue weighted by Gasteiger charge is -2.20. The Labute approximate surface area is 144 Å². The molecule has 0 saturated carbocycles. The largest absolute Gasteiger partial charge is 0.325 e. The second kappa shape index (κ2) is 5.66. The van der Waals surface area contributed by atoms with Crippen molar-refractivity contribution in [1.82, 2.24) is 20.2 Å². The fraction of sp³-hybridized carbons (Fsp3) is 0.412. The molecule has 7 heteroatoms. The SMILES string of the molecule is CC(C)(C)c1nc(CN2C(=O)N[C@](C)(c3ccccn3)C2=O)cs1. The Balaban J connectivity index is 1.84. The van der Waals surface area contributed by atoms with E-state index in [-0.39, 0.29) is 17.9 Å². The van der Waals surface area contributed by atoms with Gasteiger partial charge in [-0.05, 0) is 19.1 Å². The monoisotopic (exact) mass is 344 g/mol. The number of thiazole rings is 1. The van der Waals surface area contributed by atoms with Gasteiger partial charge in [0.05, 0.1) is 22.9 Å². The molecule has 1 atom stereocenters. The molecule has 0 aromatic carbocycles. The average molecular weight is 344 g/mol. The van der Waals surface area contributed by atoms with Gasteiger partial charge in [-0.25, -0.2) is 9.78 Å². The van der Waals surface area contributed by atoms with E-state index in [2.05, 4.69) is 36.1 Å². The van der Waals surface area contributed by atoms with Crippen LogP contribution in [-0.4, -0.2) is 26.8 Å². The highest BCUT2D eigenvalue weighted by molar-refractivity contribution is 7.09. The molecule has 1 aliphatic rings. The molecule has 3 heterocycles. The minimum absolute atomic E-state index is 0.0529. The molecule has 0 spiro atoms. The molecule has 2 aromatic rings. The number of amides is 3. The quantitative estimate of drug-likeness (QED) is 0.869. The van der Waals surface area contributed by atoms with E-state index in [4.69, 9.17) is 0 Å². The lowest BCUT2D eigenvalue weighted by Crippen LogP contribution is -2.41. The van der Waals surface area contributed by atoms with Crippen LogP contribution in [0.25, 0.3) is 0 Å². The Morgan fingerprint density at radius 3 is 2.62 bits per heavy atom. The maximum absolute atomic E-state index is 12.8. The molecule has 3 rings (SSSR count). The third-order valence-corrected chi connectivity index (χ3v) is 5.28. The first kappa shape index (κ1) is 16.6. The van der Waals surface area contributed by atoms with Gasteiger partial charge < -0.3 is 5.32 Å². The normalized spacial score (nSPS) is 21.2. The molecule has 1 N–H and O–H groups in total. The van der Waals surface area contributed by atoms with Crippen molar-refractivity contribution >= 4 is 23.3 Å². The van der Waals surface area contributed by atoms with E-state index in [0.29, 0.717) is 5.69 Å². The summed E-state index contributed by atoms with van der Waals surface area (Å²) in [6.45, 7) is 8.10. The Morgan fingerprint density at radius 2 is 2.04 bits per heavy atom. The van der Waals surface area contributed by atoms with Crippen LogP contribution in [0.15, 0.2) is 29.8 Å². The third kappa shape index (κ3) is 2.80. The molecule has 1 saturated heterocycles. The van der Waals surface area contributed by atoms with Gasteiger partial charge in [-0.3, -0.25) is 14.7 Å². The summed E-state index contributed by atoms with van der Waals surface area (Å²) in [5.74, 6) is -0.309. The van der Waals surface area contributed by atoms with Crippen LogP contribution in [0, 0.1) is 0 Å². The smallest absolute Gasteiger partial charge is 0.318 e. The van der Waals surface area contributed by atoms with Crippen molar-refractivity contribution < 1.29 is 9.59 Å². The molecular weight excluding hydrogens is 324 g/mol. The molecular formula is C17H20N4O2S. The van der Waals surface area contributed by atoms with Gasteiger partial charge in [0, 0.05) is 17.0 Å². The Bertz CT molecular complexity index is 781. The maximum Gasteiger partial charge on any atom is 0.325 e. The molecule has 6 nitrogen and oxygen atoms in total. The zero-order chi connectivity index (χ0) is 17.5. The Hall–Kier alpha value is -2.28. The molecule has 1 aliphatic heterocycles. The number of carbonyl (C=O) groups is 2. The molecule has 24 heavy (non-hydrogen) atoms. The van der Waals surface area contributed by atoms with Crippen LogP contribution >= 0.6 is 11.3 Å². The van der Waals surface area contributed by atoms with Crippen molar-refractivity contribution in [3.63, 3.8) is 0 Å². The zero-order valence-corrected chi connectivity index (χ0v) is 15.0. The molecule has 0 unspecified atom stereocenters. The highest BCUT2D eigenvalue weighted by atomic mass is 32.1. The van der Waals surface area contributed by atoms with Crippen LogP contribution in [0.2, 0.25) is 0 Å². The summed E-state index contributed by atoms with van der Waals surface area (Å²) < 4.78 is 0. The van der Waals surface area contributed by atoms with Crippen molar-refractivity contribution in [1.29, 1.82) is 0 Å². The number of carbonyl (C=O) groups excluding carboxylic acids is 2. The minimum Gasteiger partial charge on any atom is -0.318 e. The van der Waals surface area contributed by atoms with Gasteiger partial charge in [0.2, 0.25) is 0 Å². The summed E-state index contributed by atoms with van der Waals surface area (Å²) >= 11 is 1.55. The predicted octanol–water partition coefficient (Wildman–Crippen LogP) is 2.80. The topological polar surface area (TPSA) is 75.2 Å². The summed E-state index contributed by atoms with van der Waals surface area (Å²) in [5, 5.41) is 5.64. The van der Waals surface area contributed by atoms with Crippen LogP contribution in [0.1, 0.15) is 44.1 Å². The van der Waals surface area contributed by atoms with E-state index >= 15 is 0 Å². The van der Waals surface area contributed by atoms with E-state index in [1.807, 2.05) is 5.38 Å². The third-order valence-electron chi connectivity index (χ3n) is 3.97. The standard InChI is InChI=1S/C17H20N4O2S/c1-16(2,3)13-19-11(10-24-13)9-21-14(22)17(4,20-15(21)23)12-7-5-6-8-18-12/h5-8,10H,9H2,1-4H3,(H,20,23)/t17-/m1/s1. The van der Waals surface area contributed by atoms with Gasteiger partial charge in [0.1, 0.15) is 0 Å². The van der Waals surface area contributed by atoms with Crippen LogP contribution in [0.4, 0.5) is 4.79 Å². The number of rotatable bonds is 3. The van der Waals surface area contributed by atoms with Gasteiger partial charge in [-0.2, -0.15) is 0 Å². The van der Waals surface area contributed by atoms with E-state index < -0.39 is 11.6 Å². The van der Waals surface area contributed by atoms with Crippen LogP contribution in [-0.2, 0) is 22.3 Å². The number of hydrogen-bond acceptors (Lipinski definition) is 5. The van der Waals surface area contributed by atoms with E-state index in [0.717, 1.165) is 10.7 Å². The summed E-state index contributed by atoms with van der Waals surface area (Å²) in [4.78, 5) is 35.1. The maximum atomic E-state index is 12.8. The molecule has 0 aliphatic carbocycles. The van der Waals surface area contributed by atoms with E-state index in [1.54, 1.807) is 42.7 Å². The first-order valence-corrected chi connectivity index (χ1v) is 8.60. The summed E-state index contributed by atoms with van der Waals surface area (Å²) in [5.41, 5.74) is 0.0578. The number of urea groups is 1. The van der Waals surface area contributed by atoms with Crippen molar-refractivity contribution in [2.24, 2.45) is 0 Å². The summed E-state index contributed by atoms with van der Waals surface area (Å²) in [7, 11) is 0. The fourth-order valence-corrected chi connectivity index (χ4v) is 3.46. The van der Waals surface area contributed by atoms with Crippen LogP contribution < -0.4 is 5.32 Å². The van der Waals surface area contributed by atoms with Crippen LogP contribution in [0.3, 0.4) is 0 Å². The fourth-order valence-electron chi connectivity index (χ4n) is 2.56. The molecule has 2 aromatic heterocycles. The number of aromatic nitrogens is 2. The van der Waals surface area contributed by atoms with Crippen molar-refractivity contribution in [3.8, 4) is 0 Å². The minimum atomic E-state index is -1.14. The number of pyridine rings is 1. The summed E-state index contributed by atoms with van der Waals surface area (Å²) in [6.07, 6.45) is 1.61. The Morgan fingerprint density at radius 1 is 1.29 bits per heavy atom. The van der Waals surface area contributed by atoms with Gasteiger partial charge in [-0.1, -0.05) is 26.8 Å². The first-order chi connectivity index (χ1) is 11.2. The highest BCUT2D eigenvalue weighted by Gasteiger charge is 2.50. The first-order valence-electron chi connectivity index (χ1n) is 7.72. The Kier molecular flexibility index (Phi) is 3.91. The molecule has 126 valence electrons. The molecule has 0 bridgehead atoms. The lowest BCUT2D eigenvalue weighted by atomic mass is 9.97. The van der Waals surface area contributed by atoms with Crippen molar-refractivity contribution in [2.45, 2.75) is 45.2 Å². The van der Waals surface area contributed by atoms with Gasteiger partial charge >= 0.3 is 6.03 Å². The van der Waals surface area contributed by atoms with Gasteiger partial charge in [-0.15, -0.1) is 11.3 Å². The molecule has 3 amide bonds. The van der Waals surface area contributed by atoms with Crippen molar-refractivity contribution in [2.75, 3.05) is 0 Å². The second-order valence-electron chi connectivity index (χ2n) is 7.06. The van der Waals surface area contributed by atoms with E-state index in [9.17, 15) is 9.59 Å². The van der Waals surface area contributed by atoms with Crippen molar-refractivity contribution in [3.05, 3.63) is 46.2 Å². The summed E-state index contributed by atoms with van der Waals surface area (Å²) in [6, 6.07) is 4.89. The lowest BCUT2D eigenvalue weighted by molar-refractivity contribution is -0.131. The molecule has 0 radical (unpaired) electrons. The number of hydrogen-bond donors (Lipinski definition) is 1. The van der Waals surface area contributed by atoms with Gasteiger partial charge in [0.15, 0.2) is 5.54 Å². The zero-order valence-electron chi connectivity index (χ0n) is 14.2. The van der Waals surface area contributed by atoms with Crippen LogP contribution in [0.5, 0.6) is 0 Å². The van der Waals surface area contributed by atoms with Gasteiger partial charge in [0.25, 0.3) is 5.91 Å². The van der Waals surface area contributed by atoms with E-state index in [1.165, 1.54) is 4.90 Å².